The highest BCUT2D eigenvalue weighted by Gasteiger charge is 2.04. The molecule has 0 saturated carbocycles. The average molecular weight is 251 g/mol. The minimum Gasteiger partial charge on any atom is -0.396 e. The molecule has 17 heavy (non-hydrogen) atoms. The van der Waals surface area contributed by atoms with E-state index in [1.165, 1.54) is 12.1 Å². The van der Waals surface area contributed by atoms with Gasteiger partial charge in [0.1, 0.15) is 5.82 Å². The molecule has 0 amide bonds. The van der Waals surface area contributed by atoms with Crippen LogP contribution in [0.5, 0.6) is 0 Å². The predicted octanol–water partition coefficient (Wildman–Crippen LogP) is 3.68. The van der Waals surface area contributed by atoms with Crippen LogP contribution in [0.1, 0.15) is 5.56 Å². The molecule has 0 atom stereocenters. The molecule has 2 rings (SSSR count). The third-order valence-electron chi connectivity index (χ3n) is 2.59. The topological polar surface area (TPSA) is 20.2 Å². The molecule has 0 aliphatic rings. The first-order valence-electron chi connectivity index (χ1n) is 5.36. The zero-order valence-electron chi connectivity index (χ0n) is 9.16. The van der Waals surface area contributed by atoms with Crippen molar-refractivity contribution < 1.29 is 9.50 Å². The lowest BCUT2D eigenvalue weighted by molar-refractivity contribution is 0.299. The van der Waals surface area contributed by atoms with E-state index < -0.39 is 0 Å². The summed E-state index contributed by atoms with van der Waals surface area (Å²) in [7, 11) is 0. The maximum atomic E-state index is 12.8. The third-order valence-corrected chi connectivity index (χ3v) is 2.90. The average Bonchev–Trinajstić information content (AvgIpc) is 2.31. The second-order valence-electron chi connectivity index (χ2n) is 3.79. The minimum absolute atomic E-state index is 0.103. The van der Waals surface area contributed by atoms with E-state index in [0.29, 0.717) is 11.4 Å². The predicted molar refractivity (Wildman–Crippen MR) is 67.6 cm³/mol. The van der Waals surface area contributed by atoms with Crippen LogP contribution in [0, 0.1) is 5.82 Å². The summed E-state index contributed by atoms with van der Waals surface area (Å²) in [6.45, 7) is 0.103. The Hall–Kier alpha value is -1.38. The van der Waals surface area contributed by atoms with Crippen molar-refractivity contribution in [3.63, 3.8) is 0 Å². The largest absolute Gasteiger partial charge is 0.396 e. The summed E-state index contributed by atoms with van der Waals surface area (Å²) in [6, 6.07) is 11.9. The van der Waals surface area contributed by atoms with Crippen LogP contribution in [0.15, 0.2) is 42.5 Å². The Morgan fingerprint density at radius 3 is 2.35 bits per heavy atom. The normalized spacial score (nSPS) is 10.5. The highest BCUT2D eigenvalue weighted by Crippen LogP contribution is 2.28. The molecule has 0 aliphatic heterocycles. The standard InChI is InChI=1S/C14H12ClFO/c15-14-9-10(7-8-17)1-6-13(14)11-2-4-12(16)5-3-11/h1-6,9,17H,7-8H2. The molecule has 2 aromatic carbocycles. The molecule has 0 bridgehead atoms. The van der Waals surface area contributed by atoms with Crippen molar-refractivity contribution >= 4 is 11.6 Å². The van der Waals surface area contributed by atoms with Crippen molar-refractivity contribution in [3.8, 4) is 11.1 Å². The molecule has 2 aromatic rings. The SMILES string of the molecule is OCCc1ccc(-c2ccc(F)cc2)c(Cl)c1. The molecular formula is C14H12ClFO. The van der Waals surface area contributed by atoms with Gasteiger partial charge in [0.25, 0.3) is 0 Å². The van der Waals surface area contributed by atoms with Gasteiger partial charge in [0.2, 0.25) is 0 Å². The van der Waals surface area contributed by atoms with Crippen LogP contribution < -0.4 is 0 Å². The monoisotopic (exact) mass is 250 g/mol. The summed E-state index contributed by atoms with van der Waals surface area (Å²) >= 11 is 6.16. The fourth-order valence-corrected chi connectivity index (χ4v) is 2.02. The fourth-order valence-electron chi connectivity index (χ4n) is 1.71. The Balaban J connectivity index is 2.36. The van der Waals surface area contributed by atoms with E-state index >= 15 is 0 Å². The summed E-state index contributed by atoms with van der Waals surface area (Å²) in [6.07, 6.45) is 0.587. The molecule has 1 N–H and O–H groups in total. The number of rotatable bonds is 3. The molecule has 0 fully saturated rings. The molecular weight excluding hydrogens is 239 g/mol. The molecule has 0 unspecified atom stereocenters. The Kier molecular flexibility index (Phi) is 3.77. The Bertz CT molecular complexity index is 508. The molecule has 0 radical (unpaired) electrons. The van der Waals surface area contributed by atoms with Gasteiger partial charge in [-0.3, -0.25) is 0 Å². The smallest absolute Gasteiger partial charge is 0.123 e. The second-order valence-corrected chi connectivity index (χ2v) is 4.20. The molecule has 0 saturated heterocycles. The van der Waals surface area contributed by atoms with Crippen LogP contribution in [0.4, 0.5) is 4.39 Å². The molecule has 0 aromatic heterocycles. The minimum atomic E-state index is -0.262. The van der Waals surface area contributed by atoms with Gasteiger partial charge < -0.3 is 5.11 Å². The van der Waals surface area contributed by atoms with E-state index in [1.54, 1.807) is 12.1 Å². The zero-order valence-corrected chi connectivity index (χ0v) is 9.91. The van der Waals surface area contributed by atoms with Gasteiger partial charge in [-0.05, 0) is 35.7 Å². The van der Waals surface area contributed by atoms with E-state index in [9.17, 15) is 4.39 Å². The van der Waals surface area contributed by atoms with E-state index in [4.69, 9.17) is 16.7 Å². The summed E-state index contributed by atoms with van der Waals surface area (Å²) in [5.41, 5.74) is 2.74. The summed E-state index contributed by atoms with van der Waals surface area (Å²) in [5.74, 6) is -0.262. The van der Waals surface area contributed by atoms with Gasteiger partial charge in [0.05, 0.1) is 0 Å². The van der Waals surface area contributed by atoms with Gasteiger partial charge in [-0.2, -0.15) is 0 Å². The lowest BCUT2D eigenvalue weighted by atomic mass is 10.0. The van der Waals surface area contributed by atoms with Gasteiger partial charge >= 0.3 is 0 Å². The number of hydrogen-bond acceptors (Lipinski definition) is 1. The van der Waals surface area contributed by atoms with Crippen molar-refractivity contribution in [1.82, 2.24) is 0 Å². The molecule has 0 heterocycles. The number of halogens is 2. The Morgan fingerprint density at radius 2 is 1.76 bits per heavy atom. The number of hydrogen-bond donors (Lipinski definition) is 1. The fraction of sp³-hybridized carbons (Fsp3) is 0.143. The summed E-state index contributed by atoms with van der Waals surface area (Å²) < 4.78 is 12.8. The van der Waals surface area contributed by atoms with Crippen molar-refractivity contribution in [2.24, 2.45) is 0 Å². The van der Waals surface area contributed by atoms with Gasteiger partial charge in [0.15, 0.2) is 0 Å². The molecule has 0 spiro atoms. The maximum absolute atomic E-state index is 12.8. The third kappa shape index (κ3) is 2.84. The number of aliphatic hydroxyl groups excluding tert-OH is 1. The molecule has 0 aliphatic carbocycles. The highest BCUT2D eigenvalue weighted by atomic mass is 35.5. The first-order valence-corrected chi connectivity index (χ1v) is 5.74. The van der Waals surface area contributed by atoms with Gasteiger partial charge in [0, 0.05) is 17.2 Å². The van der Waals surface area contributed by atoms with Gasteiger partial charge in [-0.1, -0.05) is 35.9 Å². The van der Waals surface area contributed by atoms with E-state index in [0.717, 1.165) is 16.7 Å². The first-order chi connectivity index (χ1) is 8.20. The van der Waals surface area contributed by atoms with Crippen LogP contribution in [-0.2, 0) is 6.42 Å². The van der Waals surface area contributed by atoms with Crippen molar-refractivity contribution in [2.75, 3.05) is 6.61 Å². The molecule has 3 heteroatoms. The van der Waals surface area contributed by atoms with E-state index in [-0.39, 0.29) is 12.4 Å². The van der Waals surface area contributed by atoms with Crippen molar-refractivity contribution in [2.45, 2.75) is 6.42 Å². The van der Waals surface area contributed by atoms with Crippen molar-refractivity contribution in [1.29, 1.82) is 0 Å². The quantitative estimate of drug-likeness (QED) is 0.881. The second kappa shape index (κ2) is 5.30. The first kappa shape index (κ1) is 12.1. The van der Waals surface area contributed by atoms with E-state index in [2.05, 4.69) is 0 Å². The van der Waals surface area contributed by atoms with Gasteiger partial charge in [-0.15, -0.1) is 0 Å². The number of aliphatic hydroxyl groups is 1. The van der Waals surface area contributed by atoms with Crippen LogP contribution in [0.3, 0.4) is 0 Å². The van der Waals surface area contributed by atoms with Crippen LogP contribution >= 0.6 is 11.6 Å². The Labute approximate surface area is 104 Å². The highest BCUT2D eigenvalue weighted by molar-refractivity contribution is 6.33. The lowest BCUT2D eigenvalue weighted by Crippen LogP contribution is -1.91. The van der Waals surface area contributed by atoms with Crippen LogP contribution in [0.25, 0.3) is 11.1 Å². The summed E-state index contributed by atoms with van der Waals surface area (Å²) in [5, 5.41) is 9.46. The van der Waals surface area contributed by atoms with Crippen LogP contribution in [0.2, 0.25) is 5.02 Å². The molecule has 88 valence electrons. The summed E-state index contributed by atoms with van der Waals surface area (Å²) in [4.78, 5) is 0. The maximum Gasteiger partial charge on any atom is 0.123 e. The zero-order chi connectivity index (χ0) is 12.3. The Morgan fingerprint density at radius 1 is 1.06 bits per heavy atom. The molecule has 1 nitrogen and oxygen atoms in total. The van der Waals surface area contributed by atoms with E-state index in [1.807, 2.05) is 18.2 Å². The number of benzene rings is 2. The lowest BCUT2D eigenvalue weighted by Gasteiger charge is -2.06. The van der Waals surface area contributed by atoms with Gasteiger partial charge in [-0.25, -0.2) is 4.39 Å². The van der Waals surface area contributed by atoms with Crippen LogP contribution in [-0.4, -0.2) is 11.7 Å². The van der Waals surface area contributed by atoms with Crippen molar-refractivity contribution in [3.05, 3.63) is 58.9 Å².